The van der Waals surface area contributed by atoms with E-state index in [1.54, 1.807) is 0 Å². The molecule has 3 heterocycles. The van der Waals surface area contributed by atoms with Crippen molar-refractivity contribution in [1.82, 2.24) is 10.4 Å². The molecule has 3 unspecified atom stereocenters. The van der Waals surface area contributed by atoms with Crippen LogP contribution in [-0.4, -0.2) is 36.8 Å². The van der Waals surface area contributed by atoms with E-state index in [1.165, 1.54) is 12.1 Å². The van der Waals surface area contributed by atoms with Crippen molar-refractivity contribution in [2.24, 2.45) is 5.92 Å². The quantitative estimate of drug-likeness (QED) is 0.778. The second-order valence-corrected chi connectivity index (χ2v) is 8.09. The molecule has 0 aliphatic carbocycles. The minimum absolute atomic E-state index is 0.157. The number of hydrazine groups is 1. The fourth-order valence-corrected chi connectivity index (χ4v) is 4.19. The van der Waals surface area contributed by atoms with Gasteiger partial charge in [0.15, 0.2) is 6.23 Å². The number of carbonyl (C=O) groups excluding carboxylic acids is 1. The van der Waals surface area contributed by atoms with Gasteiger partial charge in [-0.05, 0) is 56.9 Å². The molecule has 1 saturated heterocycles. The van der Waals surface area contributed by atoms with Crippen LogP contribution in [0.15, 0.2) is 36.5 Å². The van der Waals surface area contributed by atoms with Crippen molar-refractivity contribution in [2.45, 2.75) is 45.1 Å². The molecule has 3 atom stereocenters. The number of ether oxygens (including phenoxy) is 2. The molecule has 2 N–H and O–H groups in total. The fourth-order valence-electron chi connectivity index (χ4n) is 4.19. The molecule has 2 aliphatic rings. The van der Waals surface area contributed by atoms with Gasteiger partial charge in [-0.15, -0.1) is 0 Å². The summed E-state index contributed by atoms with van der Waals surface area (Å²) in [6, 6.07) is 8.22. The summed E-state index contributed by atoms with van der Waals surface area (Å²) in [4.78, 5) is 16.2. The van der Waals surface area contributed by atoms with Gasteiger partial charge in [-0.1, -0.05) is 6.07 Å². The Morgan fingerprint density at radius 1 is 1.30 bits per heavy atom. The number of benzene rings is 1. The Morgan fingerprint density at radius 3 is 2.77 bits per heavy atom. The van der Waals surface area contributed by atoms with Gasteiger partial charge in [0.25, 0.3) is 5.91 Å². The minimum Gasteiger partial charge on any atom is -0.376 e. The van der Waals surface area contributed by atoms with E-state index >= 15 is 0 Å². The molecule has 160 valence electrons. The molecule has 1 aromatic carbocycles. The van der Waals surface area contributed by atoms with E-state index in [9.17, 15) is 9.18 Å². The van der Waals surface area contributed by atoms with Crippen molar-refractivity contribution >= 4 is 17.3 Å². The van der Waals surface area contributed by atoms with Crippen molar-refractivity contribution in [3.8, 4) is 0 Å². The topological polar surface area (TPSA) is 75.7 Å². The van der Waals surface area contributed by atoms with Crippen LogP contribution in [0, 0.1) is 11.7 Å². The Hall–Kier alpha value is -2.55. The van der Waals surface area contributed by atoms with Crippen molar-refractivity contribution in [3.63, 3.8) is 0 Å². The summed E-state index contributed by atoms with van der Waals surface area (Å²) in [7, 11) is 1.91. The lowest BCUT2D eigenvalue weighted by atomic mass is 9.93. The van der Waals surface area contributed by atoms with Crippen molar-refractivity contribution < 1.29 is 18.7 Å². The van der Waals surface area contributed by atoms with E-state index in [1.807, 2.05) is 30.3 Å². The first-order valence-electron chi connectivity index (χ1n) is 10.2. The molecular weight excluding hydrogens is 387 g/mol. The first kappa shape index (κ1) is 20.7. The summed E-state index contributed by atoms with van der Waals surface area (Å²) in [6.45, 7) is 4.88. The van der Waals surface area contributed by atoms with Gasteiger partial charge in [0, 0.05) is 18.3 Å². The summed E-state index contributed by atoms with van der Waals surface area (Å²) < 4.78 is 25.0. The molecule has 7 nitrogen and oxygen atoms in total. The van der Waals surface area contributed by atoms with E-state index in [4.69, 9.17) is 9.47 Å². The average molecular weight is 414 g/mol. The van der Waals surface area contributed by atoms with Crippen molar-refractivity contribution in [2.75, 3.05) is 24.0 Å². The minimum atomic E-state index is -0.479. The Bertz CT molecular complexity index is 898. The highest BCUT2D eigenvalue weighted by Gasteiger charge is 2.30. The lowest BCUT2D eigenvalue weighted by Crippen LogP contribution is -2.35. The summed E-state index contributed by atoms with van der Waals surface area (Å²) >= 11 is 0. The van der Waals surface area contributed by atoms with E-state index in [0.29, 0.717) is 18.2 Å². The third kappa shape index (κ3) is 4.61. The van der Waals surface area contributed by atoms with E-state index < -0.39 is 5.82 Å². The molecule has 0 radical (unpaired) electrons. The number of pyridine rings is 1. The van der Waals surface area contributed by atoms with Gasteiger partial charge in [-0.3, -0.25) is 4.79 Å². The largest absolute Gasteiger partial charge is 0.376 e. The maximum Gasteiger partial charge on any atom is 0.274 e. The summed E-state index contributed by atoms with van der Waals surface area (Å²) in [5, 5.41) is 4.69. The number of amides is 1. The molecule has 1 amide bonds. The van der Waals surface area contributed by atoms with Crippen LogP contribution in [0.1, 0.15) is 49.0 Å². The predicted octanol–water partition coefficient (Wildman–Crippen LogP) is 3.65. The molecule has 30 heavy (non-hydrogen) atoms. The summed E-state index contributed by atoms with van der Waals surface area (Å²) in [6.07, 6.45) is 3.31. The van der Waals surface area contributed by atoms with Crippen LogP contribution in [0.3, 0.4) is 0 Å². The van der Waals surface area contributed by atoms with Crippen LogP contribution in [0.4, 0.5) is 15.8 Å². The second kappa shape index (κ2) is 8.67. The number of rotatable bonds is 5. The highest BCUT2D eigenvalue weighted by atomic mass is 19.1. The van der Waals surface area contributed by atoms with Gasteiger partial charge in [0.1, 0.15) is 11.5 Å². The van der Waals surface area contributed by atoms with Crippen molar-refractivity contribution in [3.05, 3.63) is 53.6 Å². The Labute approximate surface area is 175 Å². The number of halogens is 1. The number of carbonyl (C=O) groups is 1. The predicted molar refractivity (Wildman–Crippen MR) is 112 cm³/mol. The van der Waals surface area contributed by atoms with Crippen LogP contribution in [0.25, 0.3) is 0 Å². The molecule has 0 bridgehead atoms. The van der Waals surface area contributed by atoms with Gasteiger partial charge in [-0.25, -0.2) is 14.8 Å². The number of aromatic nitrogens is 1. The van der Waals surface area contributed by atoms with Crippen LogP contribution in [0.2, 0.25) is 0 Å². The average Bonchev–Trinajstić information content (AvgIpc) is 3.01. The normalized spacial score (nSPS) is 25.8. The van der Waals surface area contributed by atoms with Gasteiger partial charge in [-0.2, -0.15) is 0 Å². The van der Waals surface area contributed by atoms with E-state index in [0.717, 1.165) is 30.3 Å². The van der Waals surface area contributed by atoms with Gasteiger partial charge < -0.3 is 19.8 Å². The molecule has 2 aliphatic heterocycles. The first-order valence-corrected chi connectivity index (χ1v) is 10.2. The zero-order valence-corrected chi connectivity index (χ0v) is 17.4. The summed E-state index contributed by atoms with van der Waals surface area (Å²) in [5.74, 6) is -0.395. The molecule has 8 heteroatoms. The molecule has 0 spiro atoms. The maximum atomic E-state index is 13.0. The van der Waals surface area contributed by atoms with E-state index in [-0.39, 0.29) is 30.0 Å². The number of anilines is 2. The third-order valence-electron chi connectivity index (χ3n) is 5.50. The monoisotopic (exact) mass is 414 g/mol. The number of hydrogen-bond donors (Lipinski definition) is 2. The number of hydrogen-bond acceptors (Lipinski definition) is 6. The molecule has 1 aromatic heterocycles. The molecule has 1 fully saturated rings. The first-order chi connectivity index (χ1) is 14.4. The van der Waals surface area contributed by atoms with Crippen LogP contribution in [0.5, 0.6) is 0 Å². The molecule has 2 aromatic rings. The number of fused-ring (bicyclic) bond motifs is 1. The molecule has 4 rings (SSSR count). The molecular formula is C22H27FN4O3. The zero-order chi connectivity index (χ0) is 21.3. The van der Waals surface area contributed by atoms with E-state index in [2.05, 4.69) is 29.6 Å². The van der Waals surface area contributed by atoms with Crippen LogP contribution in [-0.2, 0) is 9.47 Å². The van der Waals surface area contributed by atoms with Crippen LogP contribution >= 0.6 is 0 Å². The highest BCUT2D eigenvalue weighted by molar-refractivity contribution is 6.03. The highest BCUT2D eigenvalue weighted by Crippen LogP contribution is 2.36. The summed E-state index contributed by atoms with van der Waals surface area (Å²) in [5.41, 5.74) is 6.05. The Balaban J connectivity index is 1.40. The number of nitrogens with zero attached hydrogens (tertiary/aromatic N) is 2. The number of nitrogens with one attached hydrogen (secondary N) is 2. The maximum absolute atomic E-state index is 13.0. The van der Waals surface area contributed by atoms with Crippen LogP contribution < -0.4 is 15.8 Å². The van der Waals surface area contributed by atoms with Gasteiger partial charge in [0.05, 0.1) is 30.7 Å². The second-order valence-electron chi connectivity index (χ2n) is 8.09. The van der Waals surface area contributed by atoms with Crippen molar-refractivity contribution in [1.29, 1.82) is 0 Å². The Morgan fingerprint density at radius 2 is 2.07 bits per heavy atom. The van der Waals surface area contributed by atoms with Gasteiger partial charge >= 0.3 is 0 Å². The fraction of sp³-hybridized carbons (Fsp3) is 0.455. The smallest absolute Gasteiger partial charge is 0.274 e. The third-order valence-corrected chi connectivity index (χ3v) is 5.50. The standard InChI is InChI=1S/C22H27FN4O3/c1-13-8-15(9-14(2)30-13)12-29-22-18-6-5-17(10-20(18)27(3)26-22)25-21(28)19-7-4-16(23)11-24-19/h4-7,10-11,13-15,22,26H,8-9,12H2,1-3H3,(H,25,28). The Kier molecular flexibility index (Phi) is 5.99. The SMILES string of the molecule is CC1CC(COC2NN(C)c3cc(NC(=O)c4ccc(F)cn4)ccc32)CC(C)O1. The molecule has 0 saturated carbocycles. The lowest BCUT2D eigenvalue weighted by Gasteiger charge is -2.32. The zero-order valence-electron chi connectivity index (χ0n) is 17.4. The van der Waals surface area contributed by atoms with Gasteiger partial charge in [0.2, 0.25) is 0 Å². The lowest BCUT2D eigenvalue weighted by molar-refractivity contribution is -0.0805.